The van der Waals surface area contributed by atoms with Crippen molar-refractivity contribution < 1.29 is 0 Å². The van der Waals surface area contributed by atoms with Gasteiger partial charge in [0.05, 0.1) is 5.57 Å². The minimum absolute atomic E-state index is 0.560. The molecule has 0 aromatic heterocycles. The Kier molecular flexibility index (Phi) is 6.89. The predicted molar refractivity (Wildman–Crippen MR) is 60.8 cm³/mol. The normalized spacial score (nSPS) is 11.4. The Morgan fingerprint density at radius 3 is 2.43 bits per heavy atom. The van der Waals surface area contributed by atoms with Crippen LogP contribution in [0.4, 0.5) is 0 Å². The van der Waals surface area contributed by atoms with E-state index in [-0.39, 0.29) is 0 Å². The van der Waals surface area contributed by atoms with E-state index < -0.39 is 0 Å². The van der Waals surface area contributed by atoms with E-state index in [0.717, 1.165) is 12.8 Å². The average molecular weight is 191 g/mol. The van der Waals surface area contributed by atoms with Crippen LogP contribution in [0.15, 0.2) is 16.9 Å². The summed E-state index contributed by atoms with van der Waals surface area (Å²) in [5, 5.41) is 8.70. The lowest BCUT2D eigenvalue weighted by atomic mass is 9.94. The molecule has 0 aliphatic heterocycles. The molecular formula is C13H21N. The van der Waals surface area contributed by atoms with Crippen LogP contribution in [0.5, 0.6) is 0 Å². The van der Waals surface area contributed by atoms with E-state index in [1.54, 1.807) is 0 Å². The number of unbranched alkanes of at least 4 members (excludes halogenated alkanes) is 1. The van der Waals surface area contributed by atoms with Crippen molar-refractivity contribution in [1.82, 2.24) is 0 Å². The summed E-state index contributed by atoms with van der Waals surface area (Å²) in [6.07, 6.45) is 4.62. The maximum absolute atomic E-state index is 8.70. The van der Waals surface area contributed by atoms with Crippen molar-refractivity contribution in [3.8, 4) is 6.07 Å². The molecule has 1 nitrogen and oxygen atoms in total. The molecule has 0 N–H and O–H groups in total. The van der Waals surface area contributed by atoms with Gasteiger partial charge in [0.1, 0.15) is 6.07 Å². The first-order chi connectivity index (χ1) is 6.65. The molecule has 0 rings (SSSR count). The standard InChI is InChI=1S/C13H21N/c1-5-7-8-13(12(4)6-2)9-11(3)10-14/h12H,5-8H2,1-4H3. The van der Waals surface area contributed by atoms with E-state index in [2.05, 4.69) is 32.6 Å². The second kappa shape index (κ2) is 7.42. The Bertz CT molecular complexity index is 261. The molecule has 0 aromatic rings. The highest BCUT2D eigenvalue weighted by atomic mass is 14.2. The smallest absolute Gasteiger partial charge is 0.103 e. The minimum atomic E-state index is 0.560. The van der Waals surface area contributed by atoms with E-state index in [1.807, 2.05) is 6.92 Å². The van der Waals surface area contributed by atoms with Gasteiger partial charge in [-0.05, 0) is 37.7 Å². The number of hydrogen-bond acceptors (Lipinski definition) is 1. The summed E-state index contributed by atoms with van der Waals surface area (Å²) in [6, 6.07) is 2.14. The van der Waals surface area contributed by atoms with Gasteiger partial charge in [-0.25, -0.2) is 0 Å². The zero-order valence-corrected chi connectivity index (χ0v) is 9.85. The minimum Gasteiger partial charge on any atom is -0.192 e. The molecule has 0 aliphatic rings. The quantitative estimate of drug-likeness (QED) is 0.471. The van der Waals surface area contributed by atoms with Crippen LogP contribution in [0.1, 0.15) is 53.4 Å². The van der Waals surface area contributed by atoms with E-state index in [9.17, 15) is 0 Å². The van der Waals surface area contributed by atoms with Crippen molar-refractivity contribution in [1.29, 1.82) is 5.26 Å². The van der Waals surface area contributed by atoms with Crippen molar-refractivity contribution in [3.05, 3.63) is 16.9 Å². The van der Waals surface area contributed by atoms with Crippen LogP contribution in [0.3, 0.4) is 0 Å². The van der Waals surface area contributed by atoms with E-state index >= 15 is 0 Å². The summed E-state index contributed by atoms with van der Waals surface area (Å²) in [5.74, 6) is 0.560. The summed E-state index contributed by atoms with van der Waals surface area (Å²) in [6.45, 7) is 8.41. The van der Waals surface area contributed by atoms with Crippen molar-refractivity contribution in [2.24, 2.45) is 5.92 Å². The average Bonchev–Trinajstić information content (AvgIpc) is 2.22. The van der Waals surface area contributed by atoms with E-state index in [4.69, 9.17) is 5.26 Å². The second-order valence-corrected chi connectivity index (χ2v) is 3.80. The van der Waals surface area contributed by atoms with Crippen molar-refractivity contribution >= 4 is 0 Å². The first-order valence-electron chi connectivity index (χ1n) is 5.52. The van der Waals surface area contributed by atoms with Gasteiger partial charge in [0.25, 0.3) is 0 Å². The first-order valence-corrected chi connectivity index (χ1v) is 5.52. The summed E-state index contributed by atoms with van der Waals surface area (Å²) in [5.41, 5.74) is 5.24. The predicted octanol–water partition coefficient (Wildman–Crippen LogP) is 4.22. The van der Waals surface area contributed by atoms with Crippen LogP contribution in [0.2, 0.25) is 0 Å². The van der Waals surface area contributed by atoms with Gasteiger partial charge in [-0.2, -0.15) is 5.26 Å². The Balaban J connectivity index is 4.73. The van der Waals surface area contributed by atoms with Crippen LogP contribution < -0.4 is 0 Å². The second-order valence-electron chi connectivity index (χ2n) is 3.80. The van der Waals surface area contributed by atoms with Gasteiger partial charge in [-0.3, -0.25) is 0 Å². The fraction of sp³-hybridized carbons (Fsp3) is 0.692. The van der Waals surface area contributed by atoms with Crippen LogP contribution in [0.25, 0.3) is 0 Å². The van der Waals surface area contributed by atoms with Gasteiger partial charge in [0, 0.05) is 0 Å². The monoisotopic (exact) mass is 191 g/mol. The number of hydrogen-bond donors (Lipinski definition) is 0. The molecule has 0 aromatic carbocycles. The fourth-order valence-electron chi connectivity index (χ4n) is 1.31. The van der Waals surface area contributed by atoms with Gasteiger partial charge >= 0.3 is 0 Å². The van der Waals surface area contributed by atoms with E-state index in [0.29, 0.717) is 11.5 Å². The molecular weight excluding hydrogens is 170 g/mol. The maximum Gasteiger partial charge on any atom is 0.103 e. The summed E-state index contributed by atoms with van der Waals surface area (Å²) < 4.78 is 0. The lowest BCUT2D eigenvalue weighted by Gasteiger charge is -2.10. The molecule has 1 heteroatoms. The zero-order valence-electron chi connectivity index (χ0n) is 9.85. The summed E-state index contributed by atoms with van der Waals surface area (Å²) in [4.78, 5) is 0. The Labute approximate surface area is 88.1 Å². The topological polar surface area (TPSA) is 23.8 Å². The number of nitrogens with zero attached hydrogens (tertiary/aromatic N) is 1. The molecule has 1 unspecified atom stereocenters. The van der Waals surface area contributed by atoms with Crippen LogP contribution in [-0.2, 0) is 0 Å². The Hall–Kier alpha value is -0.990. The summed E-state index contributed by atoms with van der Waals surface area (Å²) in [7, 11) is 0. The van der Waals surface area contributed by atoms with Crippen LogP contribution in [-0.4, -0.2) is 0 Å². The van der Waals surface area contributed by atoms with Gasteiger partial charge in [0.15, 0.2) is 0 Å². The van der Waals surface area contributed by atoms with Crippen molar-refractivity contribution in [2.75, 3.05) is 0 Å². The van der Waals surface area contributed by atoms with Gasteiger partial charge in [0.2, 0.25) is 0 Å². The number of rotatable bonds is 5. The van der Waals surface area contributed by atoms with Gasteiger partial charge < -0.3 is 0 Å². The molecule has 1 atom stereocenters. The molecule has 0 bridgehead atoms. The fourth-order valence-corrected chi connectivity index (χ4v) is 1.31. The molecule has 0 spiro atoms. The first kappa shape index (κ1) is 13.0. The van der Waals surface area contributed by atoms with E-state index in [1.165, 1.54) is 18.4 Å². The van der Waals surface area contributed by atoms with Crippen LogP contribution in [0, 0.1) is 17.2 Å². The number of allylic oxidation sites excluding steroid dienone is 1. The third-order valence-electron chi connectivity index (χ3n) is 2.52. The molecule has 0 amide bonds. The zero-order chi connectivity index (χ0) is 11.0. The van der Waals surface area contributed by atoms with Gasteiger partial charge in [-0.15, -0.1) is 5.73 Å². The molecule has 0 saturated heterocycles. The molecule has 0 saturated carbocycles. The third kappa shape index (κ3) is 4.90. The Morgan fingerprint density at radius 1 is 1.36 bits per heavy atom. The molecule has 0 radical (unpaired) electrons. The highest BCUT2D eigenvalue weighted by Gasteiger charge is 2.05. The largest absolute Gasteiger partial charge is 0.192 e. The highest BCUT2D eigenvalue weighted by molar-refractivity contribution is 5.21. The van der Waals surface area contributed by atoms with Crippen molar-refractivity contribution in [3.63, 3.8) is 0 Å². The third-order valence-corrected chi connectivity index (χ3v) is 2.52. The highest BCUT2D eigenvalue weighted by Crippen LogP contribution is 2.19. The van der Waals surface area contributed by atoms with Gasteiger partial charge in [-0.1, -0.05) is 27.2 Å². The van der Waals surface area contributed by atoms with Crippen LogP contribution >= 0.6 is 0 Å². The maximum atomic E-state index is 8.70. The molecule has 0 aliphatic carbocycles. The summed E-state index contributed by atoms with van der Waals surface area (Å²) >= 11 is 0. The van der Waals surface area contributed by atoms with Crippen molar-refractivity contribution in [2.45, 2.75) is 53.4 Å². The lowest BCUT2D eigenvalue weighted by molar-refractivity contribution is 0.607. The molecule has 78 valence electrons. The molecule has 0 fully saturated rings. The Morgan fingerprint density at radius 2 is 2.00 bits per heavy atom. The number of nitriles is 1. The lowest BCUT2D eigenvalue weighted by Crippen LogP contribution is -1.97. The molecule has 14 heavy (non-hydrogen) atoms. The SMILES string of the molecule is CCCCC(=C=C(C)C#N)C(C)CC. The molecule has 0 heterocycles.